The quantitative estimate of drug-likeness (QED) is 0.753. The number of rotatable bonds is 7. The zero-order chi connectivity index (χ0) is 18.6. The number of benzene rings is 1. The van der Waals surface area contributed by atoms with Crippen LogP contribution in [0.2, 0.25) is 0 Å². The maximum absolute atomic E-state index is 12.7. The van der Waals surface area contributed by atoms with Crippen LogP contribution in [-0.4, -0.2) is 47.2 Å². The van der Waals surface area contributed by atoms with E-state index in [4.69, 9.17) is 9.47 Å². The van der Waals surface area contributed by atoms with Gasteiger partial charge in [-0.2, -0.15) is 0 Å². The number of ether oxygens (including phenoxy) is 2. The zero-order valence-corrected chi connectivity index (χ0v) is 15.8. The third-order valence-electron chi connectivity index (χ3n) is 5.46. The molecular weight excluding hydrogens is 342 g/mol. The van der Waals surface area contributed by atoms with Gasteiger partial charge in [-0.25, -0.2) is 4.98 Å². The van der Waals surface area contributed by atoms with E-state index in [-0.39, 0.29) is 12.5 Å². The normalized spacial score (nSPS) is 19.7. The Hall–Kier alpha value is -2.50. The van der Waals surface area contributed by atoms with Crippen LogP contribution in [0.15, 0.2) is 36.7 Å². The summed E-state index contributed by atoms with van der Waals surface area (Å²) in [4.78, 5) is 19.2. The smallest absolute Gasteiger partial charge is 0.260 e. The van der Waals surface area contributed by atoms with Crippen molar-refractivity contribution in [3.63, 3.8) is 0 Å². The molecule has 1 atom stereocenters. The van der Waals surface area contributed by atoms with Gasteiger partial charge in [0, 0.05) is 37.9 Å². The third-order valence-corrected chi connectivity index (χ3v) is 5.46. The van der Waals surface area contributed by atoms with Gasteiger partial charge in [0.05, 0.1) is 7.11 Å². The first-order valence-electron chi connectivity index (χ1n) is 9.79. The maximum Gasteiger partial charge on any atom is 0.260 e. The summed E-state index contributed by atoms with van der Waals surface area (Å²) in [5, 5.41) is 0. The molecule has 0 spiro atoms. The first kappa shape index (κ1) is 17.9. The van der Waals surface area contributed by atoms with Gasteiger partial charge in [-0.1, -0.05) is 12.1 Å². The summed E-state index contributed by atoms with van der Waals surface area (Å²) in [5.74, 6) is 3.51. The van der Waals surface area contributed by atoms with Gasteiger partial charge >= 0.3 is 0 Å². The van der Waals surface area contributed by atoms with E-state index in [0.29, 0.717) is 17.4 Å². The maximum atomic E-state index is 12.7. The van der Waals surface area contributed by atoms with E-state index in [2.05, 4.69) is 15.7 Å². The predicted octanol–water partition coefficient (Wildman–Crippen LogP) is 3.09. The molecule has 2 aliphatic rings. The van der Waals surface area contributed by atoms with Crippen molar-refractivity contribution in [2.24, 2.45) is 5.92 Å². The summed E-state index contributed by atoms with van der Waals surface area (Å²) in [6.45, 7) is 2.60. The molecule has 4 rings (SSSR count). The summed E-state index contributed by atoms with van der Waals surface area (Å²) in [6.07, 6.45) is 8.71. The topological polar surface area (TPSA) is 56.6 Å². The van der Waals surface area contributed by atoms with E-state index in [1.165, 1.54) is 12.8 Å². The van der Waals surface area contributed by atoms with Crippen LogP contribution in [0, 0.1) is 5.92 Å². The molecule has 144 valence electrons. The number of aromatic nitrogens is 2. The third kappa shape index (κ3) is 4.26. The minimum Gasteiger partial charge on any atom is -0.493 e. The monoisotopic (exact) mass is 369 g/mol. The molecule has 0 bridgehead atoms. The highest BCUT2D eigenvalue weighted by Crippen LogP contribution is 2.33. The fourth-order valence-corrected chi connectivity index (χ4v) is 3.80. The van der Waals surface area contributed by atoms with Crippen LogP contribution in [0.25, 0.3) is 0 Å². The number of carbonyl (C=O) groups excluding carboxylic acids is 1. The van der Waals surface area contributed by atoms with Crippen LogP contribution >= 0.6 is 0 Å². The Kier molecular flexibility index (Phi) is 5.32. The van der Waals surface area contributed by atoms with Gasteiger partial charge in [-0.15, -0.1) is 0 Å². The molecule has 1 aliphatic carbocycles. The summed E-state index contributed by atoms with van der Waals surface area (Å²) in [5.41, 5.74) is 0. The van der Waals surface area contributed by atoms with Gasteiger partial charge in [0.1, 0.15) is 5.82 Å². The van der Waals surface area contributed by atoms with Crippen LogP contribution in [0.5, 0.6) is 11.5 Å². The zero-order valence-electron chi connectivity index (χ0n) is 15.8. The van der Waals surface area contributed by atoms with Crippen molar-refractivity contribution in [3.05, 3.63) is 42.5 Å². The van der Waals surface area contributed by atoms with E-state index < -0.39 is 0 Å². The van der Waals surface area contributed by atoms with Crippen LogP contribution in [-0.2, 0) is 11.3 Å². The molecule has 0 radical (unpaired) electrons. The lowest BCUT2D eigenvalue weighted by atomic mass is 9.97. The molecule has 1 aromatic heterocycles. The number of imidazole rings is 1. The summed E-state index contributed by atoms with van der Waals surface area (Å²) in [6, 6.07) is 7.40. The molecule has 0 N–H and O–H groups in total. The number of likely N-dealkylation sites (tertiary alicyclic amines) is 1. The number of hydrogen-bond donors (Lipinski definition) is 0. The van der Waals surface area contributed by atoms with Crippen molar-refractivity contribution in [1.29, 1.82) is 0 Å². The van der Waals surface area contributed by atoms with Gasteiger partial charge < -0.3 is 18.9 Å². The lowest BCUT2D eigenvalue weighted by Crippen LogP contribution is -2.42. The molecule has 6 nitrogen and oxygen atoms in total. The van der Waals surface area contributed by atoms with Gasteiger partial charge in [0.25, 0.3) is 5.91 Å². The van der Waals surface area contributed by atoms with Crippen molar-refractivity contribution < 1.29 is 14.3 Å². The number of carbonyl (C=O) groups is 1. The first-order chi connectivity index (χ1) is 13.2. The van der Waals surface area contributed by atoms with E-state index in [0.717, 1.165) is 44.2 Å². The summed E-state index contributed by atoms with van der Waals surface area (Å²) in [7, 11) is 1.60. The van der Waals surface area contributed by atoms with Crippen molar-refractivity contribution in [2.45, 2.75) is 38.1 Å². The van der Waals surface area contributed by atoms with E-state index in [9.17, 15) is 4.79 Å². The number of amides is 1. The van der Waals surface area contributed by atoms with E-state index in [1.807, 2.05) is 35.4 Å². The Morgan fingerprint density at radius 3 is 2.81 bits per heavy atom. The highest BCUT2D eigenvalue weighted by molar-refractivity contribution is 5.78. The molecular formula is C21H27N3O3. The molecule has 2 heterocycles. The second-order valence-corrected chi connectivity index (χ2v) is 7.50. The molecule has 2 fully saturated rings. The van der Waals surface area contributed by atoms with Crippen LogP contribution in [0.4, 0.5) is 0 Å². The lowest BCUT2D eigenvalue weighted by molar-refractivity contribution is -0.134. The SMILES string of the molecule is COc1ccccc1OCC(=O)N1CCCC(c2nccn2CC2CC2)C1. The Labute approximate surface area is 160 Å². The Morgan fingerprint density at radius 1 is 1.22 bits per heavy atom. The van der Waals surface area contributed by atoms with Crippen LogP contribution in [0.1, 0.15) is 37.4 Å². The number of hydrogen-bond acceptors (Lipinski definition) is 4. The minimum atomic E-state index is 0.0194. The molecule has 1 aliphatic heterocycles. The van der Waals surface area contributed by atoms with E-state index >= 15 is 0 Å². The average molecular weight is 369 g/mol. The first-order valence-corrected chi connectivity index (χ1v) is 9.79. The standard InChI is InChI=1S/C21H27N3O3/c1-26-18-6-2-3-7-19(18)27-15-20(25)23-11-4-5-17(14-23)21-22-10-12-24(21)13-16-8-9-16/h2-3,6-7,10,12,16-17H,4-5,8-9,11,13-15H2,1H3. The Bertz CT molecular complexity index is 784. The largest absolute Gasteiger partial charge is 0.493 e. The minimum absolute atomic E-state index is 0.0194. The average Bonchev–Trinajstić information content (AvgIpc) is 3.41. The van der Waals surface area contributed by atoms with Gasteiger partial charge in [0.15, 0.2) is 18.1 Å². The number of methoxy groups -OCH3 is 1. The van der Waals surface area contributed by atoms with Gasteiger partial charge in [0.2, 0.25) is 0 Å². The highest BCUT2D eigenvalue weighted by Gasteiger charge is 2.29. The highest BCUT2D eigenvalue weighted by atomic mass is 16.5. The van der Waals surface area contributed by atoms with Crippen LogP contribution in [0.3, 0.4) is 0 Å². The molecule has 1 aromatic carbocycles. The second kappa shape index (κ2) is 8.03. The fraction of sp³-hybridized carbons (Fsp3) is 0.524. The second-order valence-electron chi connectivity index (χ2n) is 7.50. The van der Waals surface area contributed by atoms with Crippen molar-refractivity contribution in [2.75, 3.05) is 26.8 Å². The molecule has 1 saturated carbocycles. The van der Waals surface area contributed by atoms with Crippen molar-refractivity contribution >= 4 is 5.91 Å². The van der Waals surface area contributed by atoms with Crippen molar-refractivity contribution in [1.82, 2.24) is 14.5 Å². The lowest BCUT2D eigenvalue weighted by Gasteiger charge is -2.32. The number of piperidine rings is 1. The molecule has 2 aromatic rings. The molecule has 27 heavy (non-hydrogen) atoms. The Balaban J connectivity index is 1.36. The predicted molar refractivity (Wildman–Crippen MR) is 102 cm³/mol. The van der Waals surface area contributed by atoms with Gasteiger partial charge in [-0.3, -0.25) is 4.79 Å². The number of para-hydroxylation sites is 2. The molecule has 1 saturated heterocycles. The fourth-order valence-electron chi connectivity index (χ4n) is 3.80. The Morgan fingerprint density at radius 2 is 2.04 bits per heavy atom. The van der Waals surface area contributed by atoms with Gasteiger partial charge in [-0.05, 0) is 43.7 Å². The molecule has 6 heteroatoms. The molecule has 1 unspecified atom stereocenters. The van der Waals surface area contributed by atoms with Crippen LogP contribution < -0.4 is 9.47 Å². The summed E-state index contributed by atoms with van der Waals surface area (Å²) >= 11 is 0. The number of nitrogens with zero attached hydrogens (tertiary/aromatic N) is 3. The van der Waals surface area contributed by atoms with E-state index in [1.54, 1.807) is 7.11 Å². The summed E-state index contributed by atoms with van der Waals surface area (Å²) < 4.78 is 13.3. The molecule has 1 amide bonds. The van der Waals surface area contributed by atoms with Crippen molar-refractivity contribution in [3.8, 4) is 11.5 Å².